The Bertz CT molecular complexity index is 596. The van der Waals surface area contributed by atoms with E-state index in [0.717, 1.165) is 24.2 Å². The molecule has 0 heterocycles. The number of hydrogen-bond acceptors (Lipinski definition) is 1. The second-order valence-electron chi connectivity index (χ2n) is 5.64. The van der Waals surface area contributed by atoms with E-state index in [-0.39, 0.29) is 17.7 Å². The summed E-state index contributed by atoms with van der Waals surface area (Å²) in [6.07, 6.45) is 0. The molecule has 0 fully saturated rings. The van der Waals surface area contributed by atoms with Crippen molar-refractivity contribution in [2.75, 3.05) is 13.1 Å². The van der Waals surface area contributed by atoms with Gasteiger partial charge in [0.1, 0.15) is 11.6 Å². The van der Waals surface area contributed by atoms with Crippen LogP contribution in [0.2, 0.25) is 0 Å². The molecule has 0 spiro atoms. The average molecular weight is 303 g/mol. The van der Waals surface area contributed by atoms with E-state index in [2.05, 4.69) is 18.7 Å². The summed E-state index contributed by atoms with van der Waals surface area (Å²) in [7, 11) is 0. The lowest BCUT2D eigenvalue weighted by molar-refractivity contribution is 0.250. The molecule has 1 nitrogen and oxygen atoms in total. The second kappa shape index (κ2) is 7.01. The maximum absolute atomic E-state index is 13.6. The van der Waals surface area contributed by atoms with Crippen molar-refractivity contribution in [3.8, 4) is 0 Å². The summed E-state index contributed by atoms with van der Waals surface area (Å²) in [6.45, 7) is 9.48. The van der Waals surface area contributed by atoms with Crippen LogP contribution in [0.4, 0.5) is 8.78 Å². The van der Waals surface area contributed by atoms with Crippen molar-refractivity contribution < 1.29 is 8.78 Å². The number of hydrogen-bond donors (Lipinski definition) is 0. The predicted molar refractivity (Wildman–Crippen MR) is 87.0 cm³/mol. The van der Waals surface area contributed by atoms with Crippen LogP contribution in [0, 0.1) is 25.5 Å². The minimum absolute atomic E-state index is 0.00796. The van der Waals surface area contributed by atoms with Crippen LogP contribution in [0.1, 0.15) is 42.1 Å². The van der Waals surface area contributed by atoms with Crippen LogP contribution < -0.4 is 0 Å². The van der Waals surface area contributed by atoms with Gasteiger partial charge in [0, 0.05) is 0 Å². The Balaban J connectivity index is 2.54. The number of nitrogens with zero attached hydrogens (tertiary/aromatic N) is 1. The first-order valence-electron chi connectivity index (χ1n) is 7.74. The van der Waals surface area contributed by atoms with Gasteiger partial charge in [0.15, 0.2) is 0 Å². The highest BCUT2D eigenvalue weighted by Crippen LogP contribution is 2.30. The van der Waals surface area contributed by atoms with Crippen LogP contribution in [-0.4, -0.2) is 18.0 Å². The summed E-state index contributed by atoms with van der Waals surface area (Å²) in [6, 6.07) is 10.4. The van der Waals surface area contributed by atoms with Gasteiger partial charge in [-0.15, -0.1) is 0 Å². The Hall–Kier alpha value is -1.74. The molecule has 118 valence electrons. The number of benzene rings is 2. The first-order valence-corrected chi connectivity index (χ1v) is 7.74. The van der Waals surface area contributed by atoms with E-state index in [1.54, 1.807) is 13.8 Å². The summed E-state index contributed by atoms with van der Waals surface area (Å²) >= 11 is 0. The summed E-state index contributed by atoms with van der Waals surface area (Å²) in [4.78, 5) is 2.29. The Labute approximate surface area is 131 Å². The zero-order chi connectivity index (χ0) is 16.3. The molecular weight excluding hydrogens is 280 g/mol. The van der Waals surface area contributed by atoms with Crippen LogP contribution >= 0.6 is 0 Å². The maximum atomic E-state index is 13.6. The SMILES string of the molecule is CCN(CC)C(c1ccc(F)c(C)c1)c1ccc(F)c(C)c1. The summed E-state index contributed by atoms with van der Waals surface area (Å²) in [5.41, 5.74) is 3.34. The first kappa shape index (κ1) is 16.6. The van der Waals surface area contributed by atoms with E-state index in [9.17, 15) is 8.78 Å². The molecule has 0 aromatic heterocycles. The topological polar surface area (TPSA) is 3.24 Å². The van der Waals surface area contributed by atoms with Crippen molar-refractivity contribution in [2.24, 2.45) is 0 Å². The fourth-order valence-electron chi connectivity index (χ4n) is 2.88. The molecule has 0 bridgehead atoms. The van der Waals surface area contributed by atoms with Crippen LogP contribution in [0.5, 0.6) is 0 Å². The van der Waals surface area contributed by atoms with Crippen LogP contribution in [0.25, 0.3) is 0 Å². The van der Waals surface area contributed by atoms with Gasteiger partial charge in [0.2, 0.25) is 0 Å². The molecule has 0 unspecified atom stereocenters. The fourth-order valence-corrected chi connectivity index (χ4v) is 2.88. The molecule has 2 aromatic carbocycles. The Morgan fingerprint density at radius 1 is 0.818 bits per heavy atom. The first-order chi connectivity index (χ1) is 10.5. The zero-order valence-electron chi connectivity index (χ0n) is 13.7. The largest absolute Gasteiger partial charge is 0.293 e. The molecule has 0 aliphatic rings. The molecule has 2 rings (SSSR count). The smallest absolute Gasteiger partial charge is 0.126 e. The third-order valence-electron chi connectivity index (χ3n) is 4.17. The lowest BCUT2D eigenvalue weighted by Gasteiger charge is -2.31. The minimum Gasteiger partial charge on any atom is -0.293 e. The maximum Gasteiger partial charge on any atom is 0.126 e. The Morgan fingerprint density at radius 3 is 1.55 bits per heavy atom. The van der Waals surface area contributed by atoms with Crippen LogP contribution in [-0.2, 0) is 0 Å². The fraction of sp³-hybridized carbons (Fsp3) is 0.368. The lowest BCUT2D eigenvalue weighted by Crippen LogP contribution is -2.29. The van der Waals surface area contributed by atoms with Crippen molar-refractivity contribution >= 4 is 0 Å². The van der Waals surface area contributed by atoms with Crippen molar-refractivity contribution in [1.29, 1.82) is 0 Å². The van der Waals surface area contributed by atoms with E-state index >= 15 is 0 Å². The third-order valence-corrected chi connectivity index (χ3v) is 4.17. The minimum atomic E-state index is -0.197. The van der Waals surface area contributed by atoms with E-state index < -0.39 is 0 Å². The van der Waals surface area contributed by atoms with Gasteiger partial charge in [-0.3, -0.25) is 4.90 Å². The molecule has 0 amide bonds. The molecule has 22 heavy (non-hydrogen) atoms. The van der Waals surface area contributed by atoms with E-state index in [1.165, 1.54) is 12.1 Å². The Kier molecular flexibility index (Phi) is 5.30. The van der Waals surface area contributed by atoms with Crippen molar-refractivity contribution in [3.63, 3.8) is 0 Å². The second-order valence-corrected chi connectivity index (χ2v) is 5.64. The predicted octanol–water partition coefficient (Wildman–Crippen LogP) is 5.01. The lowest BCUT2D eigenvalue weighted by atomic mass is 9.94. The van der Waals surface area contributed by atoms with E-state index in [1.807, 2.05) is 24.3 Å². The molecule has 0 saturated heterocycles. The summed E-state index contributed by atoms with van der Waals surface area (Å²) in [5, 5.41) is 0. The highest BCUT2D eigenvalue weighted by molar-refractivity contribution is 5.36. The molecule has 2 aromatic rings. The summed E-state index contributed by atoms with van der Waals surface area (Å²) < 4.78 is 27.2. The normalized spacial score (nSPS) is 11.5. The highest BCUT2D eigenvalue weighted by Gasteiger charge is 2.21. The Morgan fingerprint density at radius 2 is 1.23 bits per heavy atom. The van der Waals surface area contributed by atoms with E-state index in [0.29, 0.717) is 11.1 Å². The molecule has 3 heteroatoms. The molecule has 0 atom stereocenters. The highest BCUT2D eigenvalue weighted by atomic mass is 19.1. The zero-order valence-corrected chi connectivity index (χ0v) is 13.7. The van der Waals surface area contributed by atoms with Crippen LogP contribution in [0.3, 0.4) is 0 Å². The quantitative estimate of drug-likeness (QED) is 0.750. The van der Waals surface area contributed by atoms with Gasteiger partial charge in [0.05, 0.1) is 6.04 Å². The average Bonchev–Trinajstić information content (AvgIpc) is 2.51. The summed E-state index contributed by atoms with van der Waals surface area (Å²) in [5.74, 6) is -0.394. The van der Waals surface area contributed by atoms with Gasteiger partial charge in [-0.2, -0.15) is 0 Å². The van der Waals surface area contributed by atoms with Gasteiger partial charge in [-0.1, -0.05) is 38.1 Å². The van der Waals surface area contributed by atoms with Gasteiger partial charge in [-0.25, -0.2) is 8.78 Å². The number of aryl methyl sites for hydroxylation is 2. The molecule has 0 aliphatic carbocycles. The van der Waals surface area contributed by atoms with Gasteiger partial charge >= 0.3 is 0 Å². The molecule has 0 saturated carbocycles. The van der Waals surface area contributed by atoms with Crippen molar-refractivity contribution in [2.45, 2.75) is 33.7 Å². The van der Waals surface area contributed by atoms with Crippen LogP contribution in [0.15, 0.2) is 36.4 Å². The van der Waals surface area contributed by atoms with Crippen molar-refractivity contribution in [3.05, 3.63) is 70.3 Å². The third kappa shape index (κ3) is 3.36. The van der Waals surface area contributed by atoms with Gasteiger partial charge < -0.3 is 0 Å². The van der Waals surface area contributed by atoms with Gasteiger partial charge in [-0.05, 0) is 61.3 Å². The molecule has 0 aliphatic heterocycles. The standard InChI is InChI=1S/C19H23F2N/c1-5-22(6-2)19(15-7-9-17(20)13(3)11-15)16-8-10-18(21)14(4)12-16/h7-12,19H,5-6H2,1-4H3. The van der Waals surface area contributed by atoms with Gasteiger partial charge in [0.25, 0.3) is 0 Å². The van der Waals surface area contributed by atoms with E-state index in [4.69, 9.17) is 0 Å². The molecule has 0 radical (unpaired) electrons. The number of halogens is 2. The monoisotopic (exact) mass is 303 g/mol. The molecule has 0 N–H and O–H groups in total. The van der Waals surface area contributed by atoms with Crippen molar-refractivity contribution in [1.82, 2.24) is 4.90 Å². The molecular formula is C19H23F2N. The number of rotatable bonds is 5.